The largest absolute Gasteiger partial charge is 0.508 e. The van der Waals surface area contributed by atoms with Crippen LogP contribution in [0.15, 0.2) is 60.9 Å². The van der Waals surface area contributed by atoms with Gasteiger partial charge in [-0.3, -0.25) is 4.98 Å². The lowest BCUT2D eigenvalue weighted by Crippen LogP contribution is -2.30. The van der Waals surface area contributed by atoms with E-state index >= 15 is 0 Å². The van der Waals surface area contributed by atoms with Gasteiger partial charge in [0.15, 0.2) is 0 Å². The number of aromatic hydroxyl groups is 1. The third-order valence-electron chi connectivity index (χ3n) is 6.96. The van der Waals surface area contributed by atoms with Crippen LogP contribution in [0, 0.1) is 0 Å². The summed E-state index contributed by atoms with van der Waals surface area (Å²) in [7, 11) is 0. The van der Waals surface area contributed by atoms with E-state index in [1.807, 2.05) is 42.7 Å². The molecule has 38 heavy (non-hydrogen) atoms. The van der Waals surface area contributed by atoms with Crippen LogP contribution in [-0.4, -0.2) is 35.4 Å². The fourth-order valence-electron chi connectivity index (χ4n) is 4.54. The number of phenolic OH excluding ortho intramolecular Hbond substituents is 1. The van der Waals surface area contributed by atoms with Crippen LogP contribution in [0.5, 0.6) is 17.2 Å². The third kappa shape index (κ3) is 6.55. The summed E-state index contributed by atoms with van der Waals surface area (Å²) in [5, 5.41) is 13.1. The molecule has 2 aromatic carbocycles. The summed E-state index contributed by atoms with van der Waals surface area (Å²) >= 11 is 0. The van der Waals surface area contributed by atoms with Crippen molar-refractivity contribution in [2.24, 2.45) is 5.73 Å². The van der Waals surface area contributed by atoms with E-state index in [2.05, 4.69) is 16.4 Å². The maximum atomic E-state index is 10.7. The molecule has 0 radical (unpaired) electrons. The summed E-state index contributed by atoms with van der Waals surface area (Å²) in [6.45, 7) is 1.37. The Kier molecular flexibility index (Phi) is 7.98. The van der Waals surface area contributed by atoms with Crippen LogP contribution < -0.4 is 20.5 Å². The summed E-state index contributed by atoms with van der Waals surface area (Å²) in [4.78, 5) is 15.1. The molecule has 1 aromatic heterocycles. The molecule has 2 saturated carbocycles. The number of nitrogens with one attached hydrogen (secondary N) is 1. The highest BCUT2D eigenvalue weighted by Gasteiger charge is 2.47. The van der Waals surface area contributed by atoms with Crippen LogP contribution in [0.3, 0.4) is 0 Å². The predicted molar refractivity (Wildman–Crippen MR) is 144 cm³/mol. The molecule has 8 nitrogen and oxygen atoms in total. The molecule has 0 aliphatic heterocycles. The van der Waals surface area contributed by atoms with E-state index in [1.54, 1.807) is 12.1 Å². The van der Waals surface area contributed by atoms with E-state index in [0.717, 1.165) is 67.4 Å². The number of amides is 2. The second-order valence-corrected chi connectivity index (χ2v) is 10.0. The number of hydrogen-bond acceptors (Lipinski definition) is 6. The number of primary amides is 1. The minimum Gasteiger partial charge on any atom is -0.508 e. The van der Waals surface area contributed by atoms with E-state index in [4.69, 9.17) is 19.9 Å². The Morgan fingerprint density at radius 2 is 1.92 bits per heavy atom. The van der Waals surface area contributed by atoms with Crippen LogP contribution in [0.4, 0.5) is 4.79 Å². The number of nitrogens with two attached hydrogens (primary N) is 1. The Morgan fingerprint density at radius 1 is 1.08 bits per heavy atom. The lowest BCUT2D eigenvalue weighted by molar-refractivity contribution is 0.0163. The maximum Gasteiger partial charge on any atom is 0.312 e. The zero-order chi connectivity index (χ0) is 26.4. The van der Waals surface area contributed by atoms with Crippen molar-refractivity contribution in [3.63, 3.8) is 0 Å². The Labute approximate surface area is 223 Å². The highest BCUT2D eigenvalue weighted by molar-refractivity contribution is 5.74. The number of carbonyl (C=O) groups is 1. The number of benzene rings is 2. The van der Waals surface area contributed by atoms with Gasteiger partial charge >= 0.3 is 6.03 Å². The average molecular weight is 518 g/mol. The smallest absolute Gasteiger partial charge is 0.312 e. The normalized spacial score (nSPS) is 15.6. The molecule has 5 rings (SSSR count). The van der Waals surface area contributed by atoms with Crippen LogP contribution >= 0.6 is 0 Å². The van der Waals surface area contributed by atoms with Crippen LogP contribution in [0.2, 0.25) is 0 Å². The number of hydrogen-bond donors (Lipinski definition) is 3. The Morgan fingerprint density at radius 3 is 2.71 bits per heavy atom. The van der Waals surface area contributed by atoms with Crippen molar-refractivity contribution in [1.29, 1.82) is 0 Å². The SMILES string of the molecule is NC(=O)NCCCCCOc1ccc(O)c(COC2(c3cnccc3-c3ccccc3OC3CC3)CC2)c1. The van der Waals surface area contributed by atoms with E-state index in [1.165, 1.54) is 0 Å². The van der Waals surface area contributed by atoms with Gasteiger partial charge in [-0.25, -0.2) is 4.79 Å². The van der Waals surface area contributed by atoms with Gasteiger partial charge in [0.05, 0.1) is 24.9 Å². The van der Waals surface area contributed by atoms with Crippen molar-refractivity contribution in [2.45, 2.75) is 63.3 Å². The van der Waals surface area contributed by atoms with E-state index in [9.17, 15) is 9.90 Å². The Balaban J connectivity index is 1.22. The van der Waals surface area contributed by atoms with Crippen LogP contribution in [-0.2, 0) is 16.9 Å². The highest BCUT2D eigenvalue weighted by atomic mass is 16.5. The Hall–Kier alpha value is -3.78. The third-order valence-corrected chi connectivity index (χ3v) is 6.96. The van der Waals surface area contributed by atoms with Gasteiger partial charge in [-0.15, -0.1) is 0 Å². The van der Waals surface area contributed by atoms with Gasteiger partial charge in [0.1, 0.15) is 17.2 Å². The second-order valence-electron chi connectivity index (χ2n) is 10.0. The van der Waals surface area contributed by atoms with Gasteiger partial charge in [0.2, 0.25) is 0 Å². The molecule has 0 atom stereocenters. The van der Waals surface area contributed by atoms with Gasteiger partial charge in [-0.1, -0.05) is 18.2 Å². The molecule has 4 N–H and O–H groups in total. The van der Waals surface area contributed by atoms with Crippen molar-refractivity contribution in [3.8, 4) is 28.4 Å². The fraction of sp³-hybridized carbons (Fsp3) is 0.400. The van der Waals surface area contributed by atoms with Crippen LogP contribution in [0.25, 0.3) is 11.1 Å². The van der Waals surface area contributed by atoms with Crippen molar-refractivity contribution < 1.29 is 24.1 Å². The topological polar surface area (TPSA) is 116 Å². The van der Waals surface area contributed by atoms with Gasteiger partial charge in [0.25, 0.3) is 0 Å². The Bertz CT molecular complexity index is 1260. The molecule has 0 bridgehead atoms. The summed E-state index contributed by atoms with van der Waals surface area (Å²) in [5.74, 6) is 1.76. The molecule has 2 amide bonds. The summed E-state index contributed by atoms with van der Waals surface area (Å²) in [6.07, 6.45) is 10.6. The predicted octanol–water partition coefficient (Wildman–Crippen LogP) is 5.42. The monoisotopic (exact) mass is 517 g/mol. The van der Waals surface area contributed by atoms with Crippen molar-refractivity contribution in [3.05, 3.63) is 72.1 Å². The molecule has 2 aliphatic rings. The van der Waals surface area contributed by atoms with E-state index in [0.29, 0.717) is 30.6 Å². The standard InChI is InChI=1S/C30H35N3O5/c31-29(35)33-15-4-1-5-17-36-23-10-11-27(34)21(18-23)20-37-30(13-14-30)26-19-32-16-12-24(26)25-6-2-3-7-28(25)38-22-8-9-22/h2-3,6-7,10-12,16,18-19,22,34H,1,4-5,8-9,13-15,17,20H2,(H3,31,33,35). The lowest BCUT2D eigenvalue weighted by atomic mass is 9.96. The quantitative estimate of drug-likeness (QED) is 0.246. The molecular formula is C30H35N3O5. The van der Waals surface area contributed by atoms with Crippen molar-refractivity contribution in [1.82, 2.24) is 10.3 Å². The van der Waals surface area contributed by atoms with Crippen molar-refractivity contribution in [2.75, 3.05) is 13.2 Å². The molecular weight excluding hydrogens is 482 g/mol. The second kappa shape index (κ2) is 11.7. The number of pyridine rings is 1. The molecule has 200 valence electrons. The number of rotatable bonds is 14. The molecule has 2 fully saturated rings. The number of urea groups is 1. The van der Waals surface area contributed by atoms with Gasteiger partial charge < -0.3 is 30.4 Å². The number of ether oxygens (including phenoxy) is 3. The van der Waals surface area contributed by atoms with E-state index < -0.39 is 11.6 Å². The lowest BCUT2D eigenvalue weighted by Gasteiger charge is -2.22. The first-order valence-corrected chi connectivity index (χ1v) is 13.4. The molecule has 3 aromatic rings. The number of para-hydroxylation sites is 1. The van der Waals surface area contributed by atoms with E-state index in [-0.39, 0.29) is 12.4 Å². The highest BCUT2D eigenvalue weighted by Crippen LogP contribution is 2.53. The minimum atomic E-state index is -0.500. The average Bonchev–Trinajstić information content (AvgIpc) is 3.86. The molecule has 2 aliphatic carbocycles. The number of nitrogens with zero attached hydrogens (tertiary/aromatic N) is 1. The van der Waals surface area contributed by atoms with Crippen molar-refractivity contribution >= 4 is 6.03 Å². The minimum absolute atomic E-state index is 0.181. The molecule has 0 unspecified atom stereocenters. The number of unbranched alkanes of at least 4 members (excludes halogenated alkanes) is 2. The summed E-state index contributed by atoms with van der Waals surface area (Å²) < 4.78 is 18.6. The summed E-state index contributed by atoms with van der Waals surface area (Å²) in [5.41, 5.74) is 8.47. The molecule has 0 saturated heterocycles. The van der Waals surface area contributed by atoms with Gasteiger partial charge in [-0.2, -0.15) is 0 Å². The van der Waals surface area contributed by atoms with Crippen LogP contribution in [0.1, 0.15) is 56.1 Å². The number of carbonyl (C=O) groups excluding carboxylic acids is 1. The first-order chi connectivity index (χ1) is 18.5. The number of phenols is 1. The fourth-order valence-corrected chi connectivity index (χ4v) is 4.54. The van der Waals surface area contributed by atoms with Gasteiger partial charge in [0, 0.05) is 35.6 Å². The zero-order valence-corrected chi connectivity index (χ0v) is 21.5. The first-order valence-electron chi connectivity index (χ1n) is 13.4. The molecule has 8 heteroatoms. The number of aromatic nitrogens is 1. The summed E-state index contributed by atoms with van der Waals surface area (Å²) in [6, 6.07) is 14.9. The zero-order valence-electron chi connectivity index (χ0n) is 21.5. The first kappa shape index (κ1) is 25.9. The van der Waals surface area contributed by atoms with Gasteiger partial charge in [-0.05, 0) is 80.8 Å². The molecule has 0 spiro atoms. The molecule has 1 heterocycles. The maximum absolute atomic E-state index is 10.7.